The molecule has 0 aromatic heterocycles. The van der Waals surface area contributed by atoms with Crippen molar-refractivity contribution in [2.45, 2.75) is 80.1 Å². The first-order valence-corrected chi connectivity index (χ1v) is 7.98. The Morgan fingerprint density at radius 3 is 1.68 bits per heavy atom. The fourth-order valence-electron chi connectivity index (χ4n) is 3.69. The smallest absolute Gasteiger partial charge is 0.349 e. The van der Waals surface area contributed by atoms with E-state index in [1.54, 1.807) is 0 Å². The molecular formula is C17H32O5. The van der Waals surface area contributed by atoms with Crippen LogP contribution in [0, 0.1) is 16.2 Å². The fourth-order valence-corrected chi connectivity index (χ4v) is 3.69. The molecule has 0 saturated carbocycles. The summed E-state index contributed by atoms with van der Waals surface area (Å²) in [5.74, 6) is -1.36. The van der Waals surface area contributed by atoms with Crippen LogP contribution in [0.15, 0.2) is 0 Å². The lowest BCUT2D eigenvalue weighted by Gasteiger charge is -2.50. The van der Waals surface area contributed by atoms with E-state index in [1.165, 1.54) is 0 Å². The first-order chi connectivity index (χ1) is 9.90. The molecule has 0 aliphatic heterocycles. The maximum atomic E-state index is 12.4. The Morgan fingerprint density at radius 2 is 1.32 bits per heavy atom. The minimum atomic E-state index is -0.804. The predicted molar refractivity (Wildman–Crippen MR) is 85.4 cm³/mol. The third-order valence-corrected chi connectivity index (χ3v) is 4.68. The third-order valence-electron chi connectivity index (χ3n) is 4.68. The van der Waals surface area contributed by atoms with E-state index >= 15 is 0 Å². The van der Waals surface area contributed by atoms with E-state index in [0.29, 0.717) is 12.8 Å². The van der Waals surface area contributed by atoms with Crippen molar-refractivity contribution in [3.8, 4) is 0 Å². The molecule has 0 aliphatic carbocycles. The van der Waals surface area contributed by atoms with Crippen molar-refractivity contribution in [2.75, 3.05) is 0 Å². The number of hydrogen-bond donors (Lipinski definition) is 2. The molecule has 2 N–H and O–H groups in total. The zero-order valence-electron chi connectivity index (χ0n) is 14.9. The summed E-state index contributed by atoms with van der Waals surface area (Å²) < 4.78 is 0. The standard InChI is InChI=1S/C17H32O5/c1-15(2,3)17(14(20)22-21,16(4,5)6)12-10-8-7-9-11-13(18)19/h21H,7-12H2,1-6H3,(H,18,19). The Bertz CT molecular complexity index is 359. The summed E-state index contributed by atoms with van der Waals surface area (Å²) in [6, 6.07) is 0. The number of carbonyl (C=O) groups excluding carboxylic acids is 1. The van der Waals surface area contributed by atoms with Crippen LogP contribution >= 0.6 is 0 Å². The zero-order chi connectivity index (χ0) is 17.6. The normalized spacial score (nSPS) is 13.0. The first kappa shape index (κ1) is 20.9. The van der Waals surface area contributed by atoms with Gasteiger partial charge in [0.1, 0.15) is 0 Å². The van der Waals surface area contributed by atoms with E-state index in [4.69, 9.17) is 10.4 Å². The highest BCUT2D eigenvalue weighted by atomic mass is 17.1. The Hall–Kier alpha value is -1.10. The zero-order valence-corrected chi connectivity index (χ0v) is 14.9. The molecule has 0 aromatic carbocycles. The van der Waals surface area contributed by atoms with Crippen LogP contribution in [-0.2, 0) is 14.5 Å². The molecule has 130 valence electrons. The molecule has 0 fully saturated rings. The van der Waals surface area contributed by atoms with Crippen molar-refractivity contribution < 1.29 is 24.8 Å². The van der Waals surface area contributed by atoms with Crippen molar-refractivity contribution in [3.63, 3.8) is 0 Å². The summed E-state index contributed by atoms with van der Waals surface area (Å²) in [5, 5.41) is 17.6. The number of aliphatic carboxylic acids is 1. The van der Waals surface area contributed by atoms with Crippen LogP contribution in [0.25, 0.3) is 0 Å². The van der Waals surface area contributed by atoms with Gasteiger partial charge in [0.05, 0.1) is 5.41 Å². The molecule has 0 unspecified atom stereocenters. The van der Waals surface area contributed by atoms with Crippen LogP contribution in [-0.4, -0.2) is 22.3 Å². The second kappa shape index (κ2) is 7.95. The van der Waals surface area contributed by atoms with Crippen LogP contribution in [0.2, 0.25) is 0 Å². The lowest BCUT2D eigenvalue weighted by atomic mass is 9.52. The molecule has 0 radical (unpaired) electrons. The highest BCUT2D eigenvalue weighted by Crippen LogP contribution is 2.55. The number of rotatable bonds is 8. The molecule has 0 atom stereocenters. The van der Waals surface area contributed by atoms with Gasteiger partial charge in [0, 0.05) is 6.42 Å². The first-order valence-electron chi connectivity index (χ1n) is 7.98. The number of unbranched alkanes of at least 4 members (excludes halogenated alkanes) is 3. The summed E-state index contributed by atoms with van der Waals surface area (Å²) in [5.41, 5.74) is -1.54. The van der Waals surface area contributed by atoms with Gasteiger partial charge in [0.15, 0.2) is 0 Å². The van der Waals surface area contributed by atoms with Gasteiger partial charge in [0.25, 0.3) is 0 Å². The largest absolute Gasteiger partial charge is 0.481 e. The monoisotopic (exact) mass is 316 g/mol. The van der Waals surface area contributed by atoms with E-state index in [9.17, 15) is 9.59 Å². The highest BCUT2D eigenvalue weighted by Gasteiger charge is 2.57. The summed E-state index contributed by atoms with van der Waals surface area (Å²) in [7, 11) is 0. The van der Waals surface area contributed by atoms with Crippen LogP contribution < -0.4 is 0 Å². The molecule has 0 rings (SSSR count). The molecule has 22 heavy (non-hydrogen) atoms. The van der Waals surface area contributed by atoms with Crippen molar-refractivity contribution in [3.05, 3.63) is 0 Å². The second-order valence-corrected chi connectivity index (χ2v) is 8.09. The predicted octanol–water partition coefficient (Wildman–Crippen LogP) is 4.51. The highest BCUT2D eigenvalue weighted by molar-refractivity contribution is 5.78. The van der Waals surface area contributed by atoms with E-state index in [-0.39, 0.29) is 17.3 Å². The Morgan fingerprint density at radius 1 is 0.864 bits per heavy atom. The van der Waals surface area contributed by atoms with Gasteiger partial charge in [-0.2, -0.15) is 5.26 Å². The molecule has 0 heterocycles. The maximum Gasteiger partial charge on any atom is 0.349 e. The molecule has 5 nitrogen and oxygen atoms in total. The van der Waals surface area contributed by atoms with Gasteiger partial charge in [-0.1, -0.05) is 60.8 Å². The number of carboxylic acid groups (broad SMARTS) is 1. The van der Waals surface area contributed by atoms with Gasteiger partial charge in [-0.25, -0.2) is 4.79 Å². The van der Waals surface area contributed by atoms with Crippen molar-refractivity contribution >= 4 is 11.9 Å². The second-order valence-electron chi connectivity index (χ2n) is 8.09. The molecule has 0 bridgehead atoms. The fraction of sp³-hybridized carbons (Fsp3) is 0.882. The average Bonchev–Trinajstić information content (AvgIpc) is 2.33. The minimum absolute atomic E-state index is 0.183. The van der Waals surface area contributed by atoms with E-state index < -0.39 is 17.4 Å². The summed E-state index contributed by atoms with van der Waals surface area (Å²) in [4.78, 5) is 27.0. The SMILES string of the molecule is CC(C)(C)C(CCCCCCC(=O)O)(C(=O)OO)C(C)(C)C. The third kappa shape index (κ3) is 4.97. The van der Waals surface area contributed by atoms with Gasteiger partial charge in [-0.3, -0.25) is 4.79 Å². The topological polar surface area (TPSA) is 83.8 Å². The lowest BCUT2D eigenvalue weighted by Crippen LogP contribution is -2.52. The summed E-state index contributed by atoms with van der Waals surface area (Å²) >= 11 is 0. The number of carbonyl (C=O) groups is 2. The van der Waals surface area contributed by atoms with Crippen molar-refractivity contribution in [1.82, 2.24) is 0 Å². The molecular weight excluding hydrogens is 284 g/mol. The number of carboxylic acids is 1. The summed E-state index contributed by atoms with van der Waals surface area (Å²) in [6.07, 6.45) is 3.92. The van der Waals surface area contributed by atoms with Crippen LogP contribution in [0.1, 0.15) is 80.1 Å². The lowest BCUT2D eigenvalue weighted by molar-refractivity contribution is -0.260. The molecule has 0 aliphatic rings. The Labute approximate surface area is 134 Å². The minimum Gasteiger partial charge on any atom is -0.481 e. The quantitative estimate of drug-likeness (QED) is 0.391. The molecule has 5 heteroatoms. The van der Waals surface area contributed by atoms with Gasteiger partial charge < -0.3 is 9.99 Å². The summed E-state index contributed by atoms with van der Waals surface area (Å²) in [6.45, 7) is 11.9. The maximum absolute atomic E-state index is 12.4. The van der Waals surface area contributed by atoms with Gasteiger partial charge in [-0.15, -0.1) is 0 Å². The van der Waals surface area contributed by atoms with E-state index in [1.807, 2.05) is 41.5 Å². The van der Waals surface area contributed by atoms with Gasteiger partial charge in [-0.05, 0) is 23.7 Å². The van der Waals surface area contributed by atoms with Gasteiger partial charge >= 0.3 is 11.9 Å². The van der Waals surface area contributed by atoms with Crippen LogP contribution in [0.4, 0.5) is 0 Å². The Balaban J connectivity index is 4.96. The van der Waals surface area contributed by atoms with Crippen molar-refractivity contribution in [2.24, 2.45) is 16.2 Å². The van der Waals surface area contributed by atoms with Crippen LogP contribution in [0.3, 0.4) is 0 Å². The molecule has 0 spiro atoms. The van der Waals surface area contributed by atoms with E-state index in [2.05, 4.69) is 4.89 Å². The van der Waals surface area contributed by atoms with E-state index in [0.717, 1.165) is 19.3 Å². The average molecular weight is 316 g/mol. The van der Waals surface area contributed by atoms with Crippen LogP contribution in [0.5, 0.6) is 0 Å². The molecule has 0 aromatic rings. The van der Waals surface area contributed by atoms with Gasteiger partial charge in [0.2, 0.25) is 0 Å². The number of hydrogen-bond acceptors (Lipinski definition) is 4. The molecule has 0 amide bonds. The Kier molecular flexibility index (Phi) is 7.55. The van der Waals surface area contributed by atoms with Crippen molar-refractivity contribution in [1.29, 1.82) is 0 Å². The molecule has 0 saturated heterocycles.